The van der Waals surface area contributed by atoms with Crippen LogP contribution in [0.25, 0.3) is 0 Å². The fourth-order valence-corrected chi connectivity index (χ4v) is 1.76. The lowest BCUT2D eigenvalue weighted by Crippen LogP contribution is -2.07. The van der Waals surface area contributed by atoms with Crippen molar-refractivity contribution in [1.82, 2.24) is 9.97 Å². The van der Waals surface area contributed by atoms with Crippen molar-refractivity contribution in [3.63, 3.8) is 0 Å². The summed E-state index contributed by atoms with van der Waals surface area (Å²) in [7, 11) is 0. The number of alkyl halides is 3. The highest BCUT2D eigenvalue weighted by Gasteiger charge is 2.30. The molecular formula is C12H10ClF3N4. The van der Waals surface area contributed by atoms with Crippen LogP contribution in [-0.4, -0.2) is 9.97 Å². The van der Waals surface area contributed by atoms with E-state index in [1.54, 1.807) is 6.92 Å². The van der Waals surface area contributed by atoms with Gasteiger partial charge in [0.15, 0.2) is 5.82 Å². The number of hydrogen-bond donors (Lipinski definition) is 2. The highest BCUT2D eigenvalue weighted by molar-refractivity contribution is 6.28. The number of rotatable bonds is 2. The van der Waals surface area contributed by atoms with E-state index in [2.05, 4.69) is 15.3 Å². The van der Waals surface area contributed by atoms with Crippen LogP contribution in [0.5, 0.6) is 0 Å². The van der Waals surface area contributed by atoms with Crippen molar-refractivity contribution >= 4 is 28.8 Å². The Hall–Kier alpha value is -2.02. The quantitative estimate of drug-likeness (QED) is 0.829. The Balaban J connectivity index is 2.36. The molecule has 0 amide bonds. The van der Waals surface area contributed by atoms with Gasteiger partial charge in [-0.15, -0.1) is 0 Å². The lowest BCUT2D eigenvalue weighted by Gasteiger charge is -2.12. The molecule has 0 saturated carbocycles. The van der Waals surface area contributed by atoms with Crippen LogP contribution in [0.15, 0.2) is 24.3 Å². The first-order chi connectivity index (χ1) is 9.27. The van der Waals surface area contributed by atoms with Crippen molar-refractivity contribution in [3.8, 4) is 0 Å². The first kappa shape index (κ1) is 14.4. The van der Waals surface area contributed by atoms with Gasteiger partial charge in [0.1, 0.15) is 0 Å². The summed E-state index contributed by atoms with van der Waals surface area (Å²) < 4.78 is 37.8. The average Bonchev–Trinajstić information content (AvgIpc) is 2.35. The van der Waals surface area contributed by atoms with E-state index in [1.807, 2.05) is 0 Å². The van der Waals surface area contributed by atoms with Crippen LogP contribution in [0.2, 0.25) is 5.28 Å². The Bertz CT molecular complexity index is 643. The molecule has 0 spiro atoms. The minimum Gasteiger partial charge on any atom is -0.394 e. The Kier molecular flexibility index (Phi) is 3.71. The molecule has 0 bridgehead atoms. The van der Waals surface area contributed by atoms with Crippen LogP contribution < -0.4 is 11.1 Å². The van der Waals surface area contributed by atoms with E-state index >= 15 is 0 Å². The zero-order valence-corrected chi connectivity index (χ0v) is 11.0. The molecule has 106 valence electrons. The molecule has 8 heteroatoms. The summed E-state index contributed by atoms with van der Waals surface area (Å²) in [5.41, 5.74) is 5.87. The Labute approximate surface area is 117 Å². The van der Waals surface area contributed by atoms with Crippen molar-refractivity contribution in [2.45, 2.75) is 13.1 Å². The number of benzene rings is 1. The van der Waals surface area contributed by atoms with Gasteiger partial charge >= 0.3 is 6.18 Å². The molecule has 3 N–H and O–H groups in total. The first-order valence-corrected chi connectivity index (χ1v) is 5.89. The summed E-state index contributed by atoms with van der Waals surface area (Å²) in [5.74, 6) is 0.168. The molecule has 0 atom stereocenters. The number of aryl methyl sites for hydroxylation is 1. The number of anilines is 3. The second-order valence-electron chi connectivity index (χ2n) is 4.04. The number of nitrogens with zero attached hydrogens (tertiary/aromatic N) is 2. The summed E-state index contributed by atoms with van der Waals surface area (Å²) in [6.07, 6.45) is -4.41. The third kappa shape index (κ3) is 3.11. The van der Waals surface area contributed by atoms with Gasteiger partial charge in [-0.2, -0.15) is 18.2 Å². The van der Waals surface area contributed by atoms with E-state index in [-0.39, 0.29) is 22.5 Å². The fraction of sp³-hybridized carbons (Fsp3) is 0.167. The largest absolute Gasteiger partial charge is 0.416 e. The fourth-order valence-electron chi connectivity index (χ4n) is 1.55. The van der Waals surface area contributed by atoms with E-state index < -0.39 is 11.7 Å². The summed E-state index contributed by atoms with van der Waals surface area (Å²) in [6.45, 7) is 1.63. The van der Waals surface area contributed by atoms with E-state index in [9.17, 15) is 13.2 Å². The first-order valence-electron chi connectivity index (χ1n) is 5.51. The number of hydrogen-bond acceptors (Lipinski definition) is 4. The van der Waals surface area contributed by atoms with Gasteiger partial charge in [0.25, 0.3) is 0 Å². The summed E-state index contributed by atoms with van der Waals surface area (Å²) in [5, 5.41) is 2.67. The molecular weight excluding hydrogens is 293 g/mol. The molecule has 1 aromatic heterocycles. The number of nitrogens with one attached hydrogen (secondary N) is 1. The molecule has 20 heavy (non-hydrogen) atoms. The normalized spacial score (nSPS) is 11.4. The van der Waals surface area contributed by atoms with E-state index in [0.29, 0.717) is 5.69 Å². The molecule has 0 aliphatic carbocycles. The zero-order chi connectivity index (χ0) is 14.9. The molecule has 0 saturated heterocycles. The molecule has 0 unspecified atom stereocenters. The highest BCUT2D eigenvalue weighted by atomic mass is 35.5. The summed E-state index contributed by atoms with van der Waals surface area (Å²) in [4.78, 5) is 7.70. The van der Waals surface area contributed by atoms with E-state index in [4.69, 9.17) is 17.3 Å². The average molecular weight is 303 g/mol. The maximum atomic E-state index is 12.6. The van der Waals surface area contributed by atoms with Gasteiger partial charge in [0.2, 0.25) is 5.28 Å². The van der Waals surface area contributed by atoms with Crippen molar-refractivity contribution in [2.75, 3.05) is 11.1 Å². The monoisotopic (exact) mass is 302 g/mol. The Morgan fingerprint density at radius 2 is 1.95 bits per heavy atom. The van der Waals surface area contributed by atoms with Crippen LogP contribution >= 0.6 is 11.6 Å². The Morgan fingerprint density at radius 1 is 1.25 bits per heavy atom. The molecule has 0 aliphatic heterocycles. The SMILES string of the molecule is Cc1nc(Cl)nc(Nc2cccc(C(F)(F)F)c2)c1N. The highest BCUT2D eigenvalue weighted by Crippen LogP contribution is 2.32. The number of aromatic nitrogens is 2. The molecule has 4 nitrogen and oxygen atoms in total. The second kappa shape index (κ2) is 5.16. The summed E-state index contributed by atoms with van der Waals surface area (Å²) in [6, 6.07) is 4.70. The molecule has 0 fully saturated rings. The van der Waals surface area contributed by atoms with Gasteiger partial charge < -0.3 is 11.1 Å². The van der Waals surface area contributed by atoms with Crippen molar-refractivity contribution in [1.29, 1.82) is 0 Å². The predicted molar refractivity (Wildman–Crippen MR) is 70.9 cm³/mol. The molecule has 2 rings (SSSR count). The van der Waals surface area contributed by atoms with Gasteiger partial charge in [-0.05, 0) is 36.7 Å². The van der Waals surface area contributed by atoms with E-state index in [0.717, 1.165) is 12.1 Å². The second-order valence-corrected chi connectivity index (χ2v) is 4.38. The molecule has 0 aliphatic rings. The van der Waals surface area contributed by atoms with Gasteiger partial charge in [-0.3, -0.25) is 0 Å². The molecule has 2 aromatic rings. The molecule has 0 radical (unpaired) electrons. The van der Waals surface area contributed by atoms with Gasteiger partial charge in [0.05, 0.1) is 16.9 Å². The lowest BCUT2D eigenvalue weighted by atomic mass is 10.2. The van der Waals surface area contributed by atoms with Crippen LogP contribution in [0.1, 0.15) is 11.3 Å². The van der Waals surface area contributed by atoms with Crippen LogP contribution in [0, 0.1) is 6.92 Å². The number of nitrogens with two attached hydrogens (primary N) is 1. The minimum atomic E-state index is -4.41. The topological polar surface area (TPSA) is 63.8 Å². The molecule has 1 heterocycles. The smallest absolute Gasteiger partial charge is 0.394 e. The minimum absolute atomic E-state index is 0.0359. The van der Waals surface area contributed by atoms with Gasteiger partial charge in [-0.25, -0.2) is 4.98 Å². The van der Waals surface area contributed by atoms with Crippen LogP contribution in [0.3, 0.4) is 0 Å². The van der Waals surface area contributed by atoms with E-state index in [1.165, 1.54) is 12.1 Å². The van der Waals surface area contributed by atoms with Crippen molar-refractivity contribution in [2.24, 2.45) is 0 Å². The lowest BCUT2D eigenvalue weighted by molar-refractivity contribution is -0.137. The maximum absolute atomic E-state index is 12.6. The van der Waals surface area contributed by atoms with Crippen molar-refractivity contribution < 1.29 is 13.2 Å². The van der Waals surface area contributed by atoms with Crippen LogP contribution in [0.4, 0.5) is 30.4 Å². The zero-order valence-electron chi connectivity index (χ0n) is 10.3. The third-order valence-electron chi connectivity index (χ3n) is 2.56. The summed E-state index contributed by atoms with van der Waals surface area (Å²) >= 11 is 5.69. The predicted octanol–water partition coefficient (Wildman–Crippen LogP) is 3.78. The third-order valence-corrected chi connectivity index (χ3v) is 2.73. The van der Waals surface area contributed by atoms with Gasteiger partial charge in [-0.1, -0.05) is 6.07 Å². The van der Waals surface area contributed by atoms with Crippen molar-refractivity contribution in [3.05, 3.63) is 40.8 Å². The molecule has 1 aromatic carbocycles. The number of halogens is 4. The standard InChI is InChI=1S/C12H10ClF3N4/c1-6-9(17)10(20-11(13)18-6)19-8-4-2-3-7(5-8)12(14,15)16/h2-5H,17H2,1H3,(H,18,19,20). The Morgan fingerprint density at radius 3 is 2.60 bits per heavy atom. The number of nitrogen functional groups attached to an aromatic ring is 1. The van der Waals surface area contributed by atoms with Gasteiger partial charge in [0, 0.05) is 5.69 Å². The maximum Gasteiger partial charge on any atom is 0.416 e. The van der Waals surface area contributed by atoms with Crippen LogP contribution in [-0.2, 0) is 6.18 Å².